The molecule has 0 radical (unpaired) electrons. The van der Waals surface area contributed by atoms with Crippen LogP contribution in [0.4, 0.5) is 0 Å². The van der Waals surface area contributed by atoms with Crippen LogP contribution in [0.2, 0.25) is 0 Å². The van der Waals surface area contributed by atoms with Gasteiger partial charge in [0.15, 0.2) is 0 Å². The molecule has 0 N–H and O–H groups in total. The minimum absolute atomic E-state index is 0.720. The topological polar surface area (TPSA) is 0 Å². The van der Waals surface area contributed by atoms with Crippen molar-refractivity contribution in [3.8, 4) is 0 Å². The van der Waals surface area contributed by atoms with E-state index in [0.29, 0.717) is 0 Å². The molecule has 0 heterocycles. The minimum atomic E-state index is -1.28. The van der Waals surface area contributed by atoms with Gasteiger partial charge in [-0.05, 0) is 57.4 Å². The summed E-state index contributed by atoms with van der Waals surface area (Å²) in [5.74, 6) is 0. The van der Waals surface area contributed by atoms with Crippen LogP contribution in [0.3, 0.4) is 0 Å². The number of hydrogen-bond acceptors (Lipinski definition) is 0. The molecule has 1 aliphatic carbocycles. The Morgan fingerprint density at radius 1 is 0.800 bits per heavy atom. The van der Waals surface area contributed by atoms with Crippen molar-refractivity contribution in [2.24, 2.45) is 0 Å². The van der Waals surface area contributed by atoms with Crippen LogP contribution in [0.1, 0.15) is 33.1 Å². The third kappa shape index (κ3) is 2.11. The lowest BCUT2D eigenvalue weighted by molar-refractivity contribution is 0.510. The smallest absolute Gasteiger partial charge is 0.0620 e. The zero-order chi connectivity index (χ0) is 14.0. The molecule has 3 rings (SSSR count). The Hall–Kier alpha value is -1.13. The van der Waals surface area contributed by atoms with Crippen LogP contribution in [0.25, 0.3) is 0 Å². The fourth-order valence-corrected chi connectivity index (χ4v) is 9.42. The lowest BCUT2D eigenvalue weighted by Crippen LogP contribution is -2.40. The standard InChI is InChI=1S/C19H24P/c1-16(2)20(19-14-9-15-19,17-10-5-3-6-11-17)18-12-7-4-8-13-18/h3-8,10-13,16,19H,9,14-15H2,1-2H3/q+1. The molecular weight excluding hydrogens is 259 g/mol. The van der Waals surface area contributed by atoms with E-state index in [-0.39, 0.29) is 0 Å². The highest BCUT2D eigenvalue weighted by Crippen LogP contribution is 2.69. The van der Waals surface area contributed by atoms with Crippen LogP contribution < -0.4 is 10.6 Å². The largest absolute Gasteiger partial charge is 0.0997 e. The molecule has 0 unspecified atom stereocenters. The molecule has 1 saturated carbocycles. The quantitative estimate of drug-likeness (QED) is 0.718. The van der Waals surface area contributed by atoms with Gasteiger partial charge >= 0.3 is 0 Å². The highest BCUT2D eigenvalue weighted by atomic mass is 31.2. The molecule has 104 valence electrons. The van der Waals surface area contributed by atoms with Crippen LogP contribution in [0, 0.1) is 0 Å². The van der Waals surface area contributed by atoms with Gasteiger partial charge < -0.3 is 0 Å². The molecule has 0 atom stereocenters. The zero-order valence-electron chi connectivity index (χ0n) is 12.5. The Kier molecular flexibility index (Phi) is 3.94. The van der Waals surface area contributed by atoms with Gasteiger partial charge in [-0.1, -0.05) is 36.4 Å². The van der Waals surface area contributed by atoms with Gasteiger partial charge in [0.25, 0.3) is 0 Å². The van der Waals surface area contributed by atoms with Gasteiger partial charge in [0.2, 0.25) is 0 Å². The zero-order valence-corrected chi connectivity index (χ0v) is 13.4. The summed E-state index contributed by atoms with van der Waals surface area (Å²) in [6.07, 6.45) is 4.24. The predicted octanol–water partition coefficient (Wildman–Crippen LogP) is 4.62. The summed E-state index contributed by atoms with van der Waals surface area (Å²) in [7, 11) is -1.28. The van der Waals surface area contributed by atoms with Crippen molar-refractivity contribution in [1.82, 2.24) is 0 Å². The van der Waals surface area contributed by atoms with Crippen molar-refractivity contribution < 1.29 is 0 Å². The highest BCUT2D eigenvalue weighted by Gasteiger charge is 2.54. The molecular formula is C19H24P+. The van der Waals surface area contributed by atoms with Crippen LogP contribution in [-0.4, -0.2) is 11.3 Å². The van der Waals surface area contributed by atoms with Crippen LogP contribution >= 0.6 is 7.26 Å². The lowest BCUT2D eigenvalue weighted by Gasteiger charge is -2.42. The highest BCUT2D eigenvalue weighted by molar-refractivity contribution is 7.90. The summed E-state index contributed by atoms with van der Waals surface area (Å²) in [5.41, 5.74) is 1.62. The van der Waals surface area contributed by atoms with Crippen molar-refractivity contribution in [2.75, 3.05) is 0 Å². The average Bonchev–Trinajstić information content (AvgIpc) is 2.44. The molecule has 20 heavy (non-hydrogen) atoms. The molecule has 2 aromatic rings. The van der Waals surface area contributed by atoms with Crippen molar-refractivity contribution in [2.45, 2.75) is 44.4 Å². The normalized spacial score (nSPS) is 16.1. The van der Waals surface area contributed by atoms with Gasteiger partial charge in [-0.15, -0.1) is 0 Å². The third-order valence-corrected chi connectivity index (χ3v) is 10.4. The first-order valence-electron chi connectivity index (χ1n) is 7.76. The van der Waals surface area contributed by atoms with Gasteiger partial charge in [0.05, 0.1) is 29.2 Å². The fraction of sp³-hybridized carbons (Fsp3) is 0.368. The van der Waals surface area contributed by atoms with Crippen molar-refractivity contribution in [1.29, 1.82) is 0 Å². The van der Waals surface area contributed by atoms with E-state index in [0.717, 1.165) is 11.3 Å². The first-order valence-corrected chi connectivity index (χ1v) is 9.68. The average molecular weight is 283 g/mol. The van der Waals surface area contributed by atoms with E-state index in [4.69, 9.17) is 0 Å². The molecule has 0 nitrogen and oxygen atoms in total. The molecule has 0 spiro atoms. The maximum atomic E-state index is 2.44. The molecule has 0 bridgehead atoms. The van der Waals surface area contributed by atoms with Crippen LogP contribution in [-0.2, 0) is 0 Å². The Morgan fingerprint density at radius 3 is 1.55 bits per heavy atom. The molecule has 0 saturated heterocycles. The van der Waals surface area contributed by atoms with Gasteiger partial charge in [-0.2, -0.15) is 0 Å². The minimum Gasteiger partial charge on any atom is -0.0620 e. The molecule has 1 aliphatic rings. The summed E-state index contributed by atoms with van der Waals surface area (Å²) >= 11 is 0. The van der Waals surface area contributed by atoms with E-state index in [9.17, 15) is 0 Å². The monoisotopic (exact) mass is 283 g/mol. The maximum Gasteiger partial charge on any atom is 0.0997 e. The van der Waals surface area contributed by atoms with Crippen molar-refractivity contribution >= 4 is 17.9 Å². The molecule has 1 heteroatoms. The van der Waals surface area contributed by atoms with E-state index >= 15 is 0 Å². The fourth-order valence-electron chi connectivity index (χ4n) is 3.73. The van der Waals surface area contributed by atoms with E-state index < -0.39 is 7.26 Å². The Morgan fingerprint density at radius 2 is 1.25 bits per heavy atom. The van der Waals surface area contributed by atoms with Gasteiger partial charge in [0.1, 0.15) is 0 Å². The Labute approximate surface area is 123 Å². The molecule has 2 aromatic carbocycles. The van der Waals surface area contributed by atoms with Crippen molar-refractivity contribution in [3.05, 3.63) is 60.7 Å². The van der Waals surface area contributed by atoms with Gasteiger partial charge in [-0.25, -0.2) is 0 Å². The summed E-state index contributed by atoms with van der Waals surface area (Å²) in [6.45, 7) is 4.87. The Bertz CT molecular complexity index is 501. The number of hydrogen-bond donors (Lipinski definition) is 0. The number of rotatable bonds is 4. The second-order valence-corrected chi connectivity index (χ2v) is 10.5. The molecule has 1 fully saturated rings. The summed E-state index contributed by atoms with van der Waals surface area (Å²) in [4.78, 5) is 0. The maximum absolute atomic E-state index is 2.44. The van der Waals surface area contributed by atoms with Gasteiger partial charge in [-0.3, -0.25) is 0 Å². The summed E-state index contributed by atoms with van der Waals surface area (Å²) < 4.78 is 0. The van der Waals surface area contributed by atoms with E-state index in [2.05, 4.69) is 74.5 Å². The second kappa shape index (κ2) is 5.70. The Balaban J connectivity index is 2.20. The van der Waals surface area contributed by atoms with E-state index in [1.54, 1.807) is 10.6 Å². The summed E-state index contributed by atoms with van der Waals surface area (Å²) in [6, 6.07) is 22.6. The third-order valence-electron chi connectivity index (χ3n) is 4.83. The SMILES string of the molecule is CC(C)[P+](c1ccccc1)(c1ccccc1)C1CCC1. The van der Waals surface area contributed by atoms with E-state index in [1.807, 2.05) is 0 Å². The van der Waals surface area contributed by atoms with E-state index in [1.165, 1.54) is 19.3 Å². The summed E-state index contributed by atoms with van der Waals surface area (Å²) in [5, 5.41) is 3.21. The first kappa shape index (κ1) is 13.8. The lowest BCUT2D eigenvalue weighted by atomic mass is 10.00. The second-order valence-electron chi connectivity index (χ2n) is 6.13. The molecule has 0 aromatic heterocycles. The van der Waals surface area contributed by atoms with Crippen molar-refractivity contribution in [3.63, 3.8) is 0 Å². The van der Waals surface area contributed by atoms with Crippen LogP contribution in [0.15, 0.2) is 60.7 Å². The first-order chi connectivity index (χ1) is 9.76. The molecule has 0 aliphatic heterocycles. The van der Waals surface area contributed by atoms with Gasteiger partial charge in [0, 0.05) is 0 Å². The molecule has 0 amide bonds. The number of benzene rings is 2. The van der Waals surface area contributed by atoms with Crippen LogP contribution in [0.5, 0.6) is 0 Å². The predicted molar refractivity (Wildman–Crippen MR) is 91.8 cm³/mol.